The molecular weight excluding hydrogens is 699 g/mol. The van der Waals surface area contributed by atoms with Crippen molar-refractivity contribution in [2.75, 3.05) is 9.80 Å². The van der Waals surface area contributed by atoms with Gasteiger partial charge in [0.15, 0.2) is 0 Å². The molecule has 1 aromatic heterocycles. The molecule has 4 aromatic rings. The molecule has 2 aliphatic heterocycles. The first-order valence-corrected chi connectivity index (χ1v) is 15.0. The van der Waals surface area contributed by atoms with E-state index < -0.39 is 0 Å². The van der Waals surface area contributed by atoms with Gasteiger partial charge < -0.3 is 14.8 Å². The van der Waals surface area contributed by atoms with E-state index in [2.05, 4.69) is 106 Å². The number of hydrogen-bond acceptors (Lipinski definition) is 4. The van der Waals surface area contributed by atoms with Gasteiger partial charge in [-0.15, -0.1) is 41.5 Å². The van der Waals surface area contributed by atoms with Gasteiger partial charge in [0.05, 0.1) is 0 Å². The second-order valence-electron chi connectivity index (χ2n) is 13.3. The summed E-state index contributed by atoms with van der Waals surface area (Å²) in [4.78, 5) is 11.7. The molecule has 0 fully saturated rings. The molecule has 3 heterocycles. The van der Waals surface area contributed by atoms with E-state index in [9.17, 15) is 0 Å². The molecule has 1 aliphatic carbocycles. The van der Waals surface area contributed by atoms with Gasteiger partial charge in [-0.1, -0.05) is 68.3 Å². The van der Waals surface area contributed by atoms with Crippen LogP contribution >= 0.6 is 11.8 Å². The van der Waals surface area contributed by atoms with Crippen molar-refractivity contribution in [3.05, 3.63) is 103 Å². The first-order chi connectivity index (χ1) is 19.0. The van der Waals surface area contributed by atoms with E-state index >= 15 is 0 Å². The molecule has 212 valence electrons. The van der Waals surface area contributed by atoms with E-state index in [0.29, 0.717) is 0 Å². The molecule has 0 unspecified atom stereocenters. The van der Waals surface area contributed by atoms with Crippen molar-refractivity contribution in [1.82, 2.24) is 4.98 Å². The van der Waals surface area contributed by atoms with Gasteiger partial charge in [0.1, 0.15) is 0 Å². The quantitative estimate of drug-likeness (QED) is 0.181. The largest absolute Gasteiger partial charge is 3.00 e. The van der Waals surface area contributed by atoms with Crippen LogP contribution in [0.4, 0.5) is 17.1 Å². The van der Waals surface area contributed by atoms with Crippen molar-refractivity contribution in [3.8, 4) is 11.3 Å². The zero-order valence-electron chi connectivity index (χ0n) is 25.0. The van der Waals surface area contributed by atoms with Gasteiger partial charge in [0.25, 0.3) is 0 Å². The number of para-hydroxylation sites is 1. The number of pyridine rings is 1. The molecule has 41 heavy (non-hydrogen) atoms. The fourth-order valence-corrected chi connectivity index (χ4v) is 7.00. The second-order valence-corrected chi connectivity index (χ2v) is 14.4. The van der Waals surface area contributed by atoms with Crippen molar-refractivity contribution < 1.29 is 20.1 Å². The Morgan fingerprint density at radius 1 is 0.902 bits per heavy atom. The summed E-state index contributed by atoms with van der Waals surface area (Å²) in [6, 6.07) is 29.9. The molecule has 5 heteroatoms. The summed E-state index contributed by atoms with van der Waals surface area (Å²) in [6.07, 6.45) is 4.24. The average molecular weight is 737 g/mol. The van der Waals surface area contributed by atoms with Gasteiger partial charge in [0.2, 0.25) is 0 Å². The van der Waals surface area contributed by atoms with Crippen molar-refractivity contribution in [2.45, 2.75) is 87.5 Å². The molecule has 3 nitrogen and oxygen atoms in total. The van der Waals surface area contributed by atoms with Crippen LogP contribution < -0.4 is 9.80 Å². The molecule has 0 spiro atoms. The Hall–Kier alpha value is -2.59. The molecule has 0 saturated heterocycles. The van der Waals surface area contributed by atoms with Crippen LogP contribution in [0.25, 0.3) is 11.3 Å². The van der Waals surface area contributed by atoms with E-state index in [1.54, 1.807) is 6.20 Å². The number of aromatic nitrogens is 1. The van der Waals surface area contributed by atoms with E-state index in [1.807, 2.05) is 54.2 Å². The number of nitrogens with zero attached hydrogens (tertiary/aromatic N) is 3. The van der Waals surface area contributed by atoms with E-state index in [-0.39, 0.29) is 36.5 Å². The predicted octanol–water partition coefficient (Wildman–Crippen LogP) is 9.72. The Kier molecular flexibility index (Phi) is 7.96. The van der Waals surface area contributed by atoms with Crippen LogP contribution in [-0.2, 0) is 30.9 Å². The van der Waals surface area contributed by atoms with Crippen molar-refractivity contribution >= 4 is 28.8 Å². The minimum atomic E-state index is 0. The van der Waals surface area contributed by atoms with E-state index in [4.69, 9.17) is 0 Å². The molecule has 0 bridgehead atoms. The van der Waals surface area contributed by atoms with Gasteiger partial charge in [0, 0.05) is 28.0 Å². The van der Waals surface area contributed by atoms with Gasteiger partial charge in [-0.3, -0.25) is 0 Å². The smallest absolute Gasteiger partial charge is 0.497 e. The third-order valence-corrected chi connectivity index (χ3v) is 9.43. The van der Waals surface area contributed by atoms with Crippen LogP contribution in [0, 0.1) is 18.8 Å². The summed E-state index contributed by atoms with van der Waals surface area (Å²) in [6.45, 7) is 18.7. The molecule has 0 radical (unpaired) electrons. The first-order valence-electron chi connectivity index (χ1n) is 14.2. The third kappa shape index (κ3) is 5.49. The average Bonchev–Trinajstić information content (AvgIpc) is 3.34. The molecule has 3 aromatic carbocycles. The van der Waals surface area contributed by atoms with Gasteiger partial charge in [-0.05, 0) is 56.5 Å². The number of rotatable bonds is 1. The van der Waals surface area contributed by atoms with Gasteiger partial charge >= 0.3 is 20.1 Å². The summed E-state index contributed by atoms with van der Waals surface area (Å²) in [5, 5.41) is 0. The van der Waals surface area contributed by atoms with Crippen LogP contribution in [0.15, 0.2) is 82.7 Å². The zero-order valence-corrected chi connectivity index (χ0v) is 28.2. The zero-order chi connectivity index (χ0) is 28.3. The van der Waals surface area contributed by atoms with Crippen molar-refractivity contribution in [2.24, 2.45) is 0 Å². The molecular formula is C36H38IrN3S. The molecule has 3 aliphatic rings. The predicted molar refractivity (Wildman–Crippen MR) is 168 cm³/mol. The fourth-order valence-electron chi connectivity index (χ4n) is 5.89. The van der Waals surface area contributed by atoms with Crippen molar-refractivity contribution in [1.29, 1.82) is 0 Å². The standard InChI is InChI=1S/C25H30N2S.C11H8N.Ir/c1-23(2,3)27-15-26-19-13-16-17(25(6,7)12-11-24(16,4)5)14-21(19)28-20-10-8-9-18(27)22(20)26;1-2-6-10(7-3-1)11-8-4-5-9-12-11;/h8-10,14-15H,11-12H2,1-7H3;1-6,8-9H;/q-2;-1;+3. The minimum Gasteiger partial charge on any atom is -0.497 e. The Labute approximate surface area is 264 Å². The molecule has 7 rings (SSSR count). The number of anilines is 3. The number of hydrogen-bond donors (Lipinski definition) is 0. The van der Waals surface area contributed by atoms with Gasteiger partial charge in [-0.25, -0.2) is 0 Å². The Morgan fingerprint density at radius 2 is 1.66 bits per heavy atom. The SMILES string of the molecule is CC1(C)CCC(C)(C)c2cc3c([c-]c21)N1[CH-]N(C(C)(C)C)c2cccc(c21)S3.[Ir+3].[c-]1ccccc1-c1ccccn1. The van der Waals surface area contributed by atoms with Crippen LogP contribution in [0.2, 0.25) is 0 Å². The van der Waals surface area contributed by atoms with E-state index in [0.717, 1.165) is 11.3 Å². The molecule has 0 atom stereocenters. The molecule has 0 N–H and O–H groups in total. The van der Waals surface area contributed by atoms with Gasteiger partial charge in [-0.2, -0.15) is 36.1 Å². The maximum absolute atomic E-state index is 4.22. The minimum absolute atomic E-state index is 0. The Bertz CT molecular complexity index is 1500. The summed E-state index contributed by atoms with van der Waals surface area (Å²) in [5.74, 6) is 0. The normalized spacial score (nSPS) is 17.3. The number of fused-ring (bicyclic) bond motifs is 3. The topological polar surface area (TPSA) is 19.4 Å². The maximum Gasteiger partial charge on any atom is 3.00 e. The summed E-state index contributed by atoms with van der Waals surface area (Å²) < 4.78 is 0. The molecule has 0 saturated carbocycles. The third-order valence-electron chi connectivity index (χ3n) is 8.34. The van der Waals surface area contributed by atoms with Crippen LogP contribution in [0.3, 0.4) is 0 Å². The summed E-state index contributed by atoms with van der Waals surface area (Å²) >= 11 is 1.91. The maximum atomic E-state index is 4.22. The van der Waals surface area contributed by atoms with E-state index in [1.165, 1.54) is 50.8 Å². The van der Waals surface area contributed by atoms with Crippen LogP contribution in [0.5, 0.6) is 0 Å². The first kappa shape index (κ1) is 29.9. The van der Waals surface area contributed by atoms with Crippen LogP contribution in [0.1, 0.15) is 72.4 Å². The van der Waals surface area contributed by atoms with Crippen molar-refractivity contribution in [3.63, 3.8) is 0 Å². The Morgan fingerprint density at radius 3 is 2.34 bits per heavy atom. The molecule has 0 amide bonds. The summed E-state index contributed by atoms with van der Waals surface area (Å²) in [7, 11) is 0. The monoisotopic (exact) mass is 737 g/mol. The summed E-state index contributed by atoms with van der Waals surface area (Å²) in [5.41, 5.74) is 9.17. The Balaban J connectivity index is 0.000000218. The number of benzene rings is 3. The second kappa shape index (κ2) is 10.9. The fraction of sp³-hybridized carbons (Fsp3) is 0.333. The van der Waals surface area contributed by atoms with Crippen LogP contribution in [-0.4, -0.2) is 10.5 Å².